The van der Waals surface area contributed by atoms with E-state index in [2.05, 4.69) is 4.98 Å². The van der Waals surface area contributed by atoms with Crippen LogP contribution in [0.15, 0.2) is 6.20 Å². The molecule has 0 radical (unpaired) electrons. The van der Waals surface area contributed by atoms with Crippen LogP contribution in [0.3, 0.4) is 0 Å². The van der Waals surface area contributed by atoms with Crippen molar-refractivity contribution < 1.29 is 18.3 Å². The van der Waals surface area contributed by atoms with Crippen LogP contribution in [0.4, 0.5) is 8.78 Å². The number of carbonyl (C=O) groups excluding carboxylic acids is 1. The van der Waals surface area contributed by atoms with Crippen LogP contribution in [0.2, 0.25) is 0 Å². The molecule has 0 atom stereocenters. The average Bonchev–Trinajstić information content (AvgIpc) is 2.28. The molecule has 2 N–H and O–H groups in total. The Labute approximate surface area is 97.8 Å². The fourth-order valence-corrected chi connectivity index (χ4v) is 1.52. The summed E-state index contributed by atoms with van der Waals surface area (Å²) in [5.74, 6) is -0.806. The highest BCUT2D eigenvalue weighted by molar-refractivity contribution is 5.92. The summed E-state index contributed by atoms with van der Waals surface area (Å²) in [4.78, 5) is 15.2. The topological polar surface area (TPSA) is 65.2 Å². The highest BCUT2D eigenvalue weighted by atomic mass is 19.3. The lowest BCUT2D eigenvalue weighted by molar-refractivity contribution is 0.0511. The van der Waals surface area contributed by atoms with Gasteiger partial charge in [-0.2, -0.15) is 0 Å². The summed E-state index contributed by atoms with van der Waals surface area (Å²) in [5.41, 5.74) is 5.65. The Morgan fingerprint density at radius 2 is 2.24 bits per heavy atom. The van der Waals surface area contributed by atoms with Gasteiger partial charge in [0, 0.05) is 12.7 Å². The highest BCUT2D eigenvalue weighted by Gasteiger charge is 2.25. The molecule has 17 heavy (non-hydrogen) atoms. The maximum atomic E-state index is 12.8. The predicted molar refractivity (Wildman–Crippen MR) is 57.8 cm³/mol. The number of pyridine rings is 1. The summed E-state index contributed by atoms with van der Waals surface area (Å²) in [6.45, 7) is 3.36. The lowest BCUT2D eigenvalue weighted by Crippen LogP contribution is -2.17. The number of ether oxygens (including phenoxy) is 1. The zero-order valence-electron chi connectivity index (χ0n) is 9.67. The minimum absolute atomic E-state index is 0.0117. The van der Waals surface area contributed by atoms with Gasteiger partial charge in [0.15, 0.2) is 0 Å². The van der Waals surface area contributed by atoms with Crippen LogP contribution < -0.4 is 5.73 Å². The molecular formula is C11H14F2N2O2. The van der Waals surface area contributed by atoms with E-state index in [4.69, 9.17) is 10.5 Å². The van der Waals surface area contributed by atoms with Crippen molar-refractivity contribution >= 4 is 5.97 Å². The molecule has 1 rings (SSSR count). The summed E-state index contributed by atoms with van der Waals surface area (Å²) in [6.07, 6.45) is -1.55. The van der Waals surface area contributed by atoms with Gasteiger partial charge >= 0.3 is 5.97 Å². The number of aryl methyl sites for hydroxylation is 1. The predicted octanol–water partition coefficient (Wildman–Crippen LogP) is 1.96. The van der Waals surface area contributed by atoms with Crippen LogP contribution in [0.5, 0.6) is 0 Å². The number of halogens is 2. The molecule has 1 heterocycles. The van der Waals surface area contributed by atoms with E-state index in [1.807, 2.05) is 0 Å². The van der Waals surface area contributed by atoms with Crippen molar-refractivity contribution in [1.82, 2.24) is 4.98 Å². The number of rotatable bonds is 4. The second-order valence-corrected chi connectivity index (χ2v) is 3.41. The van der Waals surface area contributed by atoms with Gasteiger partial charge in [-0.25, -0.2) is 13.6 Å². The van der Waals surface area contributed by atoms with Crippen molar-refractivity contribution in [2.75, 3.05) is 6.61 Å². The van der Waals surface area contributed by atoms with Crippen LogP contribution >= 0.6 is 0 Å². The molecule has 0 fully saturated rings. The Kier molecular flexibility index (Phi) is 4.51. The molecule has 6 heteroatoms. The van der Waals surface area contributed by atoms with Gasteiger partial charge in [0.25, 0.3) is 6.43 Å². The minimum atomic E-state index is -2.83. The van der Waals surface area contributed by atoms with E-state index in [0.717, 1.165) is 0 Å². The number of alkyl halides is 2. The first-order valence-electron chi connectivity index (χ1n) is 5.16. The molecule has 94 valence electrons. The molecule has 0 unspecified atom stereocenters. The second kappa shape index (κ2) is 5.67. The van der Waals surface area contributed by atoms with E-state index in [0.29, 0.717) is 11.1 Å². The Bertz CT molecular complexity index is 422. The Hall–Kier alpha value is -1.56. The van der Waals surface area contributed by atoms with Crippen molar-refractivity contribution in [2.45, 2.75) is 26.8 Å². The fourth-order valence-electron chi connectivity index (χ4n) is 1.52. The number of aromatic nitrogens is 1. The van der Waals surface area contributed by atoms with Crippen molar-refractivity contribution in [3.63, 3.8) is 0 Å². The Morgan fingerprint density at radius 1 is 1.59 bits per heavy atom. The molecule has 0 amide bonds. The third-order valence-electron chi connectivity index (χ3n) is 2.32. The maximum absolute atomic E-state index is 12.8. The number of hydrogen-bond acceptors (Lipinski definition) is 4. The smallest absolute Gasteiger partial charge is 0.340 e. The summed E-state index contributed by atoms with van der Waals surface area (Å²) >= 11 is 0. The van der Waals surface area contributed by atoms with Crippen molar-refractivity contribution in [3.05, 3.63) is 28.6 Å². The fraction of sp³-hybridized carbons (Fsp3) is 0.455. The third kappa shape index (κ3) is 2.76. The lowest BCUT2D eigenvalue weighted by Gasteiger charge is -2.13. The van der Waals surface area contributed by atoms with Crippen molar-refractivity contribution in [1.29, 1.82) is 0 Å². The number of hydrogen-bond donors (Lipinski definition) is 1. The normalized spacial score (nSPS) is 10.7. The first kappa shape index (κ1) is 13.5. The molecule has 0 aromatic carbocycles. The molecule has 4 nitrogen and oxygen atoms in total. The monoisotopic (exact) mass is 244 g/mol. The Morgan fingerprint density at radius 3 is 2.71 bits per heavy atom. The van der Waals surface area contributed by atoms with E-state index in [1.54, 1.807) is 13.8 Å². The van der Waals surface area contributed by atoms with Crippen LogP contribution in [0.1, 0.15) is 40.5 Å². The van der Waals surface area contributed by atoms with Gasteiger partial charge in [-0.1, -0.05) is 0 Å². The van der Waals surface area contributed by atoms with Gasteiger partial charge in [-0.05, 0) is 25.0 Å². The first-order valence-corrected chi connectivity index (χ1v) is 5.16. The number of nitrogens with zero attached hydrogens (tertiary/aromatic N) is 1. The maximum Gasteiger partial charge on any atom is 0.340 e. The third-order valence-corrected chi connectivity index (χ3v) is 2.32. The molecule has 1 aromatic rings. The largest absolute Gasteiger partial charge is 0.462 e. The molecule has 0 aliphatic heterocycles. The van der Waals surface area contributed by atoms with Gasteiger partial charge in [0.2, 0.25) is 0 Å². The molecule has 0 bridgehead atoms. The zero-order chi connectivity index (χ0) is 13.0. The highest BCUT2D eigenvalue weighted by Crippen LogP contribution is 2.25. The number of nitrogens with two attached hydrogens (primary N) is 1. The first-order chi connectivity index (χ1) is 8.02. The number of carbonyl (C=O) groups is 1. The number of esters is 1. The van der Waals surface area contributed by atoms with Crippen LogP contribution in [-0.4, -0.2) is 17.6 Å². The van der Waals surface area contributed by atoms with Crippen LogP contribution in [0, 0.1) is 6.92 Å². The summed E-state index contributed by atoms with van der Waals surface area (Å²) in [6, 6.07) is 0. The Balaban J connectivity index is 3.38. The summed E-state index contributed by atoms with van der Waals surface area (Å²) in [7, 11) is 0. The van der Waals surface area contributed by atoms with Crippen LogP contribution in [-0.2, 0) is 11.3 Å². The van der Waals surface area contributed by atoms with E-state index in [9.17, 15) is 13.6 Å². The average molecular weight is 244 g/mol. The van der Waals surface area contributed by atoms with E-state index in [1.165, 1.54) is 6.20 Å². The minimum Gasteiger partial charge on any atom is -0.462 e. The summed E-state index contributed by atoms with van der Waals surface area (Å²) < 4.78 is 30.3. The van der Waals surface area contributed by atoms with Gasteiger partial charge in [0.05, 0.1) is 12.2 Å². The van der Waals surface area contributed by atoms with Gasteiger partial charge < -0.3 is 10.5 Å². The van der Waals surface area contributed by atoms with Gasteiger partial charge in [-0.3, -0.25) is 4.98 Å². The lowest BCUT2D eigenvalue weighted by atomic mass is 10.0. The van der Waals surface area contributed by atoms with Gasteiger partial charge in [0.1, 0.15) is 5.69 Å². The van der Waals surface area contributed by atoms with Crippen molar-refractivity contribution in [3.8, 4) is 0 Å². The van der Waals surface area contributed by atoms with Crippen LogP contribution in [0.25, 0.3) is 0 Å². The summed E-state index contributed by atoms with van der Waals surface area (Å²) in [5, 5.41) is 0. The van der Waals surface area contributed by atoms with E-state index >= 15 is 0 Å². The molecule has 0 aliphatic carbocycles. The molecule has 0 spiro atoms. The molecule has 1 aromatic heterocycles. The second-order valence-electron chi connectivity index (χ2n) is 3.41. The van der Waals surface area contributed by atoms with Crippen molar-refractivity contribution in [2.24, 2.45) is 5.73 Å². The molecule has 0 aliphatic rings. The SMILES string of the molecule is CCOC(=O)c1c(C(F)F)ncc(C)c1CN. The molecule has 0 saturated heterocycles. The quantitative estimate of drug-likeness (QED) is 0.822. The van der Waals surface area contributed by atoms with E-state index in [-0.39, 0.29) is 18.7 Å². The standard InChI is InChI=1S/C11H14F2N2O2/c1-3-17-11(16)8-7(4-14)6(2)5-15-9(8)10(12)13/h5,10H,3-4,14H2,1-2H3. The molecule has 0 saturated carbocycles. The van der Waals surface area contributed by atoms with Gasteiger partial charge in [-0.15, -0.1) is 0 Å². The molecular weight excluding hydrogens is 230 g/mol. The van der Waals surface area contributed by atoms with E-state index < -0.39 is 18.1 Å². The zero-order valence-corrected chi connectivity index (χ0v) is 9.67.